The summed E-state index contributed by atoms with van der Waals surface area (Å²) in [6.07, 6.45) is 0. The fourth-order valence-electron chi connectivity index (χ4n) is 0. The van der Waals surface area contributed by atoms with Crippen LogP contribution in [0.3, 0.4) is 0 Å². The first-order chi connectivity index (χ1) is 1.73. The van der Waals surface area contributed by atoms with Crippen molar-refractivity contribution in [1.29, 1.82) is 0 Å². The van der Waals surface area contributed by atoms with Gasteiger partial charge in [-0.15, -0.1) is 22.5 Å². The van der Waals surface area contributed by atoms with Crippen LogP contribution in [0.2, 0.25) is 0 Å². The topological polar surface area (TPSA) is 63.4 Å². The molecule has 7 heavy (non-hydrogen) atoms. The van der Waals surface area contributed by atoms with Gasteiger partial charge in [0.1, 0.15) is 0 Å². The number of hydrogen-bond donors (Lipinski definition) is 1. The van der Waals surface area contributed by atoms with E-state index in [1.165, 1.54) is 0 Å². The Labute approximate surface area is 84.4 Å². The fraction of sp³-hybridized carbons (Fsp3) is 0. The Balaban J connectivity index is -0.0000000150. The van der Waals surface area contributed by atoms with E-state index in [1.807, 2.05) is 0 Å². The molecule has 0 bridgehead atoms. The predicted molar refractivity (Wildman–Crippen MR) is 35.9 cm³/mol. The molecular weight excluding hydrogens is 515 g/mol. The van der Waals surface area contributed by atoms with Crippen LogP contribution < -0.4 is 0 Å². The third kappa shape index (κ3) is 127. The van der Waals surface area contributed by atoms with Crippen molar-refractivity contribution in [2.45, 2.75) is 0 Å². The first-order valence-corrected chi connectivity index (χ1v) is 0.565. The Morgan fingerprint density at radius 1 is 1.43 bits per heavy atom. The molecule has 0 unspecified atom stereocenters. The third-order valence-electron chi connectivity index (χ3n) is 0. The Kier molecular flexibility index (Phi) is 53.7. The normalized spacial score (nSPS) is 3.43. The van der Waals surface area contributed by atoms with Crippen molar-refractivity contribution in [3.63, 3.8) is 0 Å². The summed E-state index contributed by atoms with van der Waals surface area (Å²) in [5.41, 5.74) is 0. The van der Waals surface area contributed by atoms with Gasteiger partial charge in [0, 0.05) is 0 Å². The molecule has 0 fully saturated rings. The van der Waals surface area contributed by atoms with Crippen LogP contribution >= 0.6 is 12.4 Å². The summed E-state index contributed by atoms with van der Waals surface area (Å²) in [5.74, 6) is 0. The summed E-state index contributed by atoms with van der Waals surface area (Å²) >= 11 is 0. The second kappa shape index (κ2) is 15.7. The average Bonchev–Trinajstić information content (AvgIpc) is 0.811. The molecule has 0 spiro atoms. The zero-order valence-electron chi connectivity index (χ0n) is 3.53. The van der Waals surface area contributed by atoms with Crippen molar-refractivity contribution in [2.75, 3.05) is 0 Å². The van der Waals surface area contributed by atoms with Crippen LogP contribution in [-0.4, -0.2) is 62.7 Å². The fourth-order valence-corrected chi connectivity index (χ4v) is 0. The van der Waals surface area contributed by atoms with E-state index in [9.17, 15) is 0 Å². The second-order valence-corrected chi connectivity index (χ2v) is 0.238. The van der Waals surface area contributed by atoms with E-state index in [4.69, 9.17) is 15.3 Å². The molecule has 1 N–H and O–H groups in total. The van der Waals surface area contributed by atoms with Gasteiger partial charge in [0.15, 0.2) is 0 Å². The molecule has 0 saturated heterocycles. The Morgan fingerprint density at radius 3 is 1.43 bits per heavy atom. The van der Waals surface area contributed by atoms with Crippen molar-refractivity contribution in [2.24, 2.45) is 0 Å². The predicted octanol–water partition coefficient (Wildman–Crippen LogP) is -2.29. The summed E-state index contributed by atoms with van der Waals surface area (Å²) in [5, 5.41) is 13.6. The number of halogens is 1. The van der Waals surface area contributed by atoms with Crippen LogP contribution in [0.15, 0.2) is 0 Å². The van der Waals surface area contributed by atoms with Crippen LogP contribution in [0.4, 0.5) is 0 Å². The first-order valence-electron chi connectivity index (χ1n) is 0.565. The van der Waals surface area contributed by atoms with E-state index in [0.29, 0.717) is 0 Å². The Hall–Kier alpha value is 1.26. The van der Waals surface area contributed by atoms with Crippen LogP contribution in [0.1, 0.15) is 0 Å². The summed E-state index contributed by atoms with van der Waals surface area (Å²) in [6.45, 7) is 0. The number of nitrogens with zero attached hydrogens (tertiary/aromatic N) is 1. The maximum absolute atomic E-state index is 8.36. The number of hydrogen-bond acceptors (Lipinski definition) is 2. The standard InChI is InChI=1S/2Bi.ClH.HNO3.6H/c;;;2-1(3)4;;;;;;/h;;1H;(H,2,3,4);;;;;;. The zero-order valence-corrected chi connectivity index (χ0v) is 15.3. The molecule has 0 aromatic heterocycles. The van der Waals surface area contributed by atoms with E-state index in [1.54, 1.807) is 0 Å². The maximum atomic E-state index is 8.36. The van der Waals surface area contributed by atoms with Gasteiger partial charge in [0.05, 0.1) is 0 Å². The van der Waals surface area contributed by atoms with E-state index in [2.05, 4.69) is 0 Å². The molecule has 0 aliphatic carbocycles. The van der Waals surface area contributed by atoms with Crippen molar-refractivity contribution in [1.82, 2.24) is 0 Å². The summed E-state index contributed by atoms with van der Waals surface area (Å²) in [4.78, 5) is 8.36. The van der Waals surface area contributed by atoms with Crippen molar-refractivity contribution in [3.8, 4) is 0 Å². The molecule has 0 saturated carbocycles. The molecular formula is H8Bi2ClNO3. The molecule has 0 atom stereocenters. The van der Waals surface area contributed by atoms with E-state index in [-0.39, 0.29) is 64.8 Å². The van der Waals surface area contributed by atoms with Gasteiger partial charge in [-0.2, -0.15) is 0 Å². The molecule has 0 aliphatic heterocycles. The van der Waals surface area contributed by atoms with Gasteiger partial charge in [-0.3, -0.25) is 0 Å². The van der Waals surface area contributed by atoms with Gasteiger partial charge in [-0.1, -0.05) is 0 Å². The summed E-state index contributed by atoms with van der Waals surface area (Å²) in [6, 6.07) is 0. The van der Waals surface area contributed by atoms with Crippen molar-refractivity contribution >= 4 is 64.8 Å². The monoisotopic (exact) mass is 523 g/mol. The van der Waals surface area contributed by atoms with Crippen LogP contribution in [0, 0.1) is 10.1 Å². The zero-order chi connectivity index (χ0) is 3.58. The first kappa shape index (κ1) is 24.0. The molecule has 0 amide bonds. The van der Waals surface area contributed by atoms with Gasteiger partial charge in [0.2, 0.25) is 0 Å². The minimum atomic E-state index is -1.50. The molecule has 0 aromatic rings. The quantitative estimate of drug-likeness (QED) is 0.221. The Bertz CT molecular complexity index is 35.9. The van der Waals surface area contributed by atoms with Gasteiger partial charge >= 0.3 is 52.4 Å². The second-order valence-electron chi connectivity index (χ2n) is 0.238. The van der Waals surface area contributed by atoms with Gasteiger partial charge in [0.25, 0.3) is 5.09 Å². The van der Waals surface area contributed by atoms with Gasteiger partial charge in [-0.05, 0) is 0 Å². The SMILES string of the molecule is Cl.O=[N+]([O-])O.[BiH3].[BiH3]. The van der Waals surface area contributed by atoms with E-state index >= 15 is 0 Å². The van der Waals surface area contributed by atoms with Crippen molar-refractivity contribution in [3.05, 3.63) is 10.1 Å². The molecule has 0 radical (unpaired) electrons. The molecule has 0 aromatic carbocycles. The van der Waals surface area contributed by atoms with E-state index in [0.717, 1.165) is 0 Å². The molecule has 7 heteroatoms. The summed E-state index contributed by atoms with van der Waals surface area (Å²) < 4.78 is 0. The van der Waals surface area contributed by atoms with Gasteiger partial charge < -0.3 is 5.21 Å². The molecule has 0 aliphatic rings. The van der Waals surface area contributed by atoms with Crippen molar-refractivity contribution < 1.29 is 10.3 Å². The average molecular weight is 523 g/mol. The van der Waals surface area contributed by atoms with Crippen LogP contribution in [-0.2, 0) is 0 Å². The number of rotatable bonds is 0. The molecule has 0 heterocycles. The molecule has 0 rings (SSSR count). The molecule has 48 valence electrons. The third-order valence-corrected chi connectivity index (χ3v) is 0. The Morgan fingerprint density at radius 2 is 1.43 bits per heavy atom. The minimum absolute atomic E-state index is 0. The van der Waals surface area contributed by atoms with Gasteiger partial charge in [-0.25, -0.2) is 0 Å². The molecule has 4 nitrogen and oxygen atoms in total. The summed E-state index contributed by atoms with van der Waals surface area (Å²) in [7, 11) is 0. The van der Waals surface area contributed by atoms with Crippen LogP contribution in [0.5, 0.6) is 0 Å². The van der Waals surface area contributed by atoms with Crippen LogP contribution in [0.25, 0.3) is 0 Å². The van der Waals surface area contributed by atoms with E-state index < -0.39 is 5.09 Å².